The van der Waals surface area contributed by atoms with Gasteiger partial charge in [0.05, 0.1) is 5.54 Å². The highest BCUT2D eigenvalue weighted by Crippen LogP contribution is 2.36. The van der Waals surface area contributed by atoms with Crippen LogP contribution < -0.4 is 5.73 Å². The number of rotatable bonds is 1. The number of hydrogen-bond donors (Lipinski definition) is 1. The molecule has 2 rings (SSSR count). The first-order valence-electron chi connectivity index (χ1n) is 5.42. The van der Waals surface area contributed by atoms with Gasteiger partial charge in [-0.2, -0.15) is 0 Å². The van der Waals surface area contributed by atoms with Crippen molar-refractivity contribution in [2.75, 3.05) is 0 Å². The number of nitrogens with two attached hydrogens (primary N) is 1. The predicted molar refractivity (Wildman–Crippen MR) is 69.4 cm³/mol. The molecule has 0 fully saturated rings. The number of halogens is 1. The summed E-state index contributed by atoms with van der Waals surface area (Å²) in [5.41, 5.74) is 9.59. The van der Waals surface area contributed by atoms with Gasteiger partial charge >= 0.3 is 0 Å². The zero-order valence-electron chi connectivity index (χ0n) is 9.63. The second-order valence-electron chi connectivity index (χ2n) is 4.49. The van der Waals surface area contributed by atoms with E-state index >= 15 is 0 Å². The summed E-state index contributed by atoms with van der Waals surface area (Å²) in [5, 5.41) is 0.738. The summed E-state index contributed by atoms with van der Waals surface area (Å²) in [5.74, 6) is 0. The Morgan fingerprint density at radius 2 is 1.94 bits per heavy atom. The van der Waals surface area contributed by atoms with Gasteiger partial charge in [0.2, 0.25) is 0 Å². The van der Waals surface area contributed by atoms with Crippen LogP contribution in [-0.2, 0) is 5.54 Å². The van der Waals surface area contributed by atoms with Crippen LogP contribution in [-0.4, -0.2) is 0 Å². The number of benzene rings is 1. The Hall–Kier alpha value is -1.05. The molecule has 0 aromatic heterocycles. The highest BCUT2D eigenvalue weighted by molar-refractivity contribution is 6.31. The molecule has 0 amide bonds. The summed E-state index contributed by atoms with van der Waals surface area (Å²) in [6.45, 7) is 4.23. The standard InChI is InChI=1S/C14H16ClN/c1-10-7-8-14(16,9-11(10)2)12-5-3-4-6-13(12)15/h3-8H,9,16H2,1-2H3. The van der Waals surface area contributed by atoms with E-state index in [4.69, 9.17) is 17.3 Å². The van der Waals surface area contributed by atoms with Crippen molar-refractivity contribution in [1.82, 2.24) is 0 Å². The predicted octanol–water partition coefficient (Wildman–Crippen LogP) is 3.79. The van der Waals surface area contributed by atoms with Gasteiger partial charge in [0.1, 0.15) is 0 Å². The average molecular weight is 234 g/mol. The van der Waals surface area contributed by atoms with Crippen LogP contribution in [0.2, 0.25) is 5.02 Å². The second kappa shape index (κ2) is 4.08. The van der Waals surface area contributed by atoms with Gasteiger partial charge in [0, 0.05) is 5.02 Å². The van der Waals surface area contributed by atoms with E-state index in [1.807, 2.05) is 24.3 Å². The highest BCUT2D eigenvalue weighted by atomic mass is 35.5. The van der Waals surface area contributed by atoms with Crippen molar-refractivity contribution in [3.63, 3.8) is 0 Å². The third kappa shape index (κ3) is 1.93. The summed E-state index contributed by atoms with van der Waals surface area (Å²) in [6, 6.07) is 7.79. The van der Waals surface area contributed by atoms with Gasteiger partial charge in [0.15, 0.2) is 0 Å². The van der Waals surface area contributed by atoms with Gasteiger partial charge in [-0.3, -0.25) is 0 Å². The third-order valence-corrected chi connectivity index (χ3v) is 3.57. The first-order valence-corrected chi connectivity index (χ1v) is 5.80. The first kappa shape index (κ1) is 11.4. The number of allylic oxidation sites excluding steroid dienone is 2. The van der Waals surface area contributed by atoms with Crippen molar-refractivity contribution >= 4 is 11.6 Å². The van der Waals surface area contributed by atoms with Gasteiger partial charge < -0.3 is 5.73 Å². The van der Waals surface area contributed by atoms with Crippen LogP contribution in [0.4, 0.5) is 0 Å². The molecule has 1 nitrogen and oxygen atoms in total. The maximum Gasteiger partial charge on any atom is 0.0650 e. The molecule has 1 aliphatic carbocycles. The van der Waals surface area contributed by atoms with Crippen molar-refractivity contribution < 1.29 is 0 Å². The summed E-state index contributed by atoms with van der Waals surface area (Å²) in [4.78, 5) is 0. The third-order valence-electron chi connectivity index (χ3n) is 3.24. The van der Waals surface area contributed by atoms with Crippen LogP contribution in [0, 0.1) is 0 Å². The second-order valence-corrected chi connectivity index (χ2v) is 4.90. The maximum absolute atomic E-state index is 6.43. The van der Waals surface area contributed by atoms with Crippen molar-refractivity contribution in [2.45, 2.75) is 25.8 Å². The Labute approximate surface area is 102 Å². The lowest BCUT2D eigenvalue weighted by Gasteiger charge is -2.31. The van der Waals surface area contributed by atoms with Gasteiger partial charge in [0.25, 0.3) is 0 Å². The molecule has 2 N–H and O–H groups in total. The molecular formula is C14H16ClN. The summed E-state index contributed by atoms with van der Waals surface area (Å²) >= 11 is 6.20. The minimum absolute atomic E-state index is 0.456. The van der Waals surface area contributed by atoms with Crippen LogP contribution in [0.15, 0.2) is 47.6 Å². The number of hydrogen-bond acceptors (Lipinski definition) is 1. The van der Waals surface area contributed by atoms with E-state index in [9.17, 15) is 0 Å². The Morgan fingerprint density at radius 1 is 1.25 bits per heavy atom. The van der Waals surface area contributed by atoms with E-state index in [2.05, 4.69) is 26.0 Å². The quantitative estimate of drug-likeness (QED) is 0.785. The fraction of sp³-hybridized carbons (Fsp3) is 0.286. The van der Waals surface area contributed by atoms with Crippen molar-refractivity contribution in [2.24, 2.45) is 5.73 Å². The molecule has 1 aromatic rings. The zero-order valence-corrected chi connectivity index (χ0v) is 10.4. The molecule has 0 spiro atoms. The van der Waals surface area contributed by atoms with Gasteiger partial charge in [-0.05, 0) is 31.9 Å². The fourth-order valence-electron chi connectivity index (χ4n) is 2.08. The smallest absolute Gasteiger partial charge is 0.0650 e. The highest BCUT2D eigenvalue weighted by Gasteiger charge is 2.29. The Morgan fingerprint density at radius 3 is 2.56 bits per heavy atom. The molecule has 0 radical (unpaired) electrons. The molecule has 16 heavy (non-hydrogen) atoms. The van der Waals surface area contributed by atoms with Crippen molar-refractivity contribution in [3.8, 4) is 0 Å². The van der Waals surface area contributed by atoms with Crippen LogP contribution >= 0.6 is 11.6 Å². The molecule has 1 aliphatic rings. The van der Waals surface area contributed by atoms with Crippen molar-refractivity contribution in [1.29, 1.82) is 0 Å². The molecule has 0 saturated carbocycles. The minimum Gasteiger partial charge on any atom is -0.318 e. The lowest BCUT2D eigenvalue weighted by atomic mass is 9.80. The summed E-state index contributed by atoms with van der Waals surface area (Å²) in [6.07, 6.45) is 4.97. The Bertz CT molecular complexity index is 473. The van der Waals surface area contributed by atoms with Crippen molar-refractivity contribution in [3.05, 3.63) is 58.1 Å². The first-order chi connectivity index (χ1) is 7.53. The van der Waals surface area contributed by atoms with Crippen LogP contribution in [0.5, 0.6) is 0 Å². The Kier molecular flexibility index (Phi) is 2.92. The minimum atomic E-state index is -0.456. The molecule has 0 aliphatic heterocycles. The van der Waals surface area contributed by atoms with Crippen LogP contribution in [0.3, 0.4) is 0 Å². The van der Waals surface area contributed by atoms with E-state index < -0.39 is 5.54 Å². The van der Waals surface area contributed by atoms with E-state index in [0.29, 0.717) is 0 Å². The average Bonchev–Trinajstić information content (AvgIpc) is 2.25. The molecule has 84 valence electrons. The topological polar surface area (TPSA) is 26.0 Å². The van der Waals surface area contributed by atoms with E-state index in [1.165, 1.54) is 11.1 Å². The summed E-state index contributed by atoms with van der Waals surface area (Å²) < 4.78 is 0. The molecule has 1 aromatic carbocycles. The Balaban J connectivity index is 2.44. The molecule has 2 heteroatoms. The van der Waals surface area contributed by atoms with Gasteiger partial charge in [-0.25, -0.2) is 0 Å². The van der Waals surface area contributed by atoms with Crippen LogP contribution in [0.1, 0.15) is 25.8 Å². The molecular weight excluding hydrogens is 218 g/mol. The fourth-order valence-corrected chi connectivity index (χ4v) is 2.39. The lowest BCUT2D eigenvalue weighted by Crippen LogP contribution is -2.36. The maximum atomic E-state index is 6.43. The SMILES string of the molecule is CC1=C(C)CC(N)(c2ccccc2Cl)C=C1. The van der Waals surface area contributed by atoms with E-state index in [-0.39, 0.29) is 0 Å². The molecule has 0 saturated heterocycles. The van der Waals surface area contributed by atoms with Gasteiger partial charge in [-0.15, -0.1) is 0 Å². The van der Waals surface area contributed by atoms with Gasteiger partial charge in [-0.1, -0.05) is 53.1 Å². The zero-order chi connectivity index (χ0) is 11.8. The van der Waals surface area contributed by atoms with E-state index in [0.717, 1.165) is 17.0 Å². The molecule has 0 bridgehead atoms. The molecule has 1 atom stereocenters. The normalized spacial score (nSPS) is 25.0. The molecule has 1 unspecified atom stereocenters. The monoisotopic (exact) mass is 233 g/mol. The molecule has 0 heterocycles. The van der Waals surface area contributed by atoms with E-state index in [1.54, 1.807) is 0 Å². The summed E-state index contributed by atoms with van der Waals surface area (Å²) in [7, 11) is 0. The largest absolute Gasteiger partial charge is 0.318 e. The lowest BCUT2D eigenvalue weighted by molar-refractivity contribution is 0.545. The van der Waals surface area contributed by atoms with Crippen LogP contribution in [0.25, 0.3) is 0 Å².